The summed E-state index contributed by atoms with van der Waals surface area (Å²) < 4.78 is 6.05. The molecule has 4 rings (SSSR count). The van der Waals surface area contributed by atoms with E-state index in [-0.39, 0.29) is 12.0 Å². The Morgan fingerprint density at radius 3 is 2.58 bits per heavy atom. The van der Waals surface area contributed by atoms with E-state index in [1.165, 1.54) is 16.7 Å². The van der Waals surface area contributed by atoms with E-state index in [4.69, 9.17) is 9.72 Å². The molecular formula is C26H31N5O2. The normalized spacial score (nSPS) is 16.0. The fourth-order valence-corrected chi connectivity index (χ4v) is 4.10. The topological polar surface area (TPSA) is 71.5 Å². The number of pyridine rings is 1. The zero-order valence-corrected chi connectivity index (χ0v) is 20.0. The van der Waals surface area contributed by atoms with E-state index in [0.29, 0.717) is 31.3 Å². The minimum absolute atomic E-state index is 0.107. The molecule has 0 N–H and O–H groups in total. The van der Waals surface area contributed by atoms with Crippen LogP contribution in [0.15, 0.2) is 42.5 Å². The third-order valence-electron chi connectivity index (χ3n) is 5.83. The molecule has 33 heavy (non-hydrogen) atoms. The van der Waals surface area contributed by atoms with Crippen molar-refractivity contribution >= 4 is 11.9 Å². The maximum absolute atomic E-state index is 13.3. The third kappa shape index (κ3) is 5.37. The first kappa shape index (κ1) is 22.9. The van der Waals surface area contributed by atoms with Crippen molar-refractivity contribution in [3.63, 3.8) is 0 Å². The van der Waals surface area contributed by atoms with E-state index in [1.54, 1.807) is 15.9 Å². The summed E-state index contributed by atoms with van der Waals surface area (Å²) in [5.41, 5.74) is 6.75. The van der Waals surface area contributed by atoms with E-state index >= 15 is 0 Å². The van der Waals surface area contributed by atoms with Gasteiger partial charge in [-0.3, -0.25) is 9.78 Å². The minimum atomic E-state index is -0.269. The number of hydrogen-bond donors (Lipinski definition) is 0. The Morgan fingerprint density at radius 2 is 1.82 bits per heavy atom. The van der Waals surface area contributed by atoms with Crippen molar-refractivity contribution in [2.24, 2.45) is 0 Å². The van der Waals surface area contributed by atoms with E-state index in [2.05, 4.69) is 53.3 Å². The molecular weight excluding hydrogens is 414 g/mol. The van der Waals surface area contributed by atoms with Crippen LogP contribution in [-0.4, -0.2) is 59.6 Å². The number of aryl methyl sites for hydroxylation is 3. The zero-order valence-electron chi connectivity index (χ0n) is 20.0. The molecule has 172 valence electrons. The third-order valence-corrected chi connectivity index (χ3v) is 5.83. The molecule has 1 atom stereocenters. The molecule has 0 bridgehead atoms. The van der Waals surface area contributed by atoms with Crippen molar-refractivity contribution in [2.75, 3.05) is 38.7 Å². The smallest absolute Gasteiger partial charge is 0.272 e. The van der Waals surface area contributed by atoms with Gasteiger partial charge in [0, 0.05) is 32.0 Å². The molecule has 2 aromatic heterocycles. The number of rotatable bonds is 5. The monoisotopic (exact) mass is 445 g/mol. The minimum Gasteiger partial charge on any atom is -0.368 e. The number of carbonyl (C=O) groups is 1. The molecule has 1 fully saturated rings. The van der Waals surface area contributed by atoms with Gasteiger partial charge in [-0.15, -0.1) is 0 Å². The zero-order chi connectivity index (χ0) is 23.5. The van der Waals surface area contributed by atoms with E-state index in [1.807, 2.05) is 27.9 Å². The van der Waals surface area contributed by atoms with E-state index in [9.17, 15) is 4.79 Å². The van der Waals surface area contributed by atoms with Crippen LogP contribution in [0.25, 0.3) is 0 Å². The molecule has 0 spiro atoms. The summed E-state index contributed by atoms with van der Waals surface area (Å²) in [6, 6.07) is 14.4. The number of carbonyl (C=O) groups excluding carboxylic acids is 1. The van der Waals surface area contributed by atoms with Crippen LogP contribution in [0.3, 0.4) is 0 Å². The van der Waals surface area contributed by atoms with E-state index < -0.39 is 0 Å². The van der Waals surface area contributed by atoms with Crippen LogP contribution in [0.1, 0.15) is 50.4 Å². The fraction of sp³-hybridized carbons (Fsp3) is 0.385. The van der Waals surface area contributed by atoms with Crippen molar-refractivity contribution in [1.29, 1.82) is 0 Å². The number of aromatic nitrogens is 3. The highest BCUT2D eigenvalue weighted by molar-refractivity contribution is 5.92. The van der Waals surface area contributed by atoms with Gasteiger partial charge in [0.1, 0.15) is 11.8 Å². The SMILES string of the molecule is Cc1cc(Cc2ccccc2C)cc([C@H]2CN(C(=O)c3cc(C)nc(N(C)C)n3)CCO2)n1. The van der Waals surface area contributed by atoms with Gasteiger partial charge < -0.3 is 14.5 Å². The molecule has 1 amide bonds. The molecule has 7 nitrogen and oxygen atoms in total. The second-order valence-electron chi connectivity index (χ2n) is 8.84. The first-order chi connectivity index (χ1) is 15.8. The summed E-state index contributed by atoms with van der Waals surface area (Å²) in [5, 5.41) is 0. The maximum atomic E-state index is 13.3. The number of ether oxygens (including phenoxy) is 1. The molecule has 3 aromatic rings. The Hall–Kier alpha value is -3.32. The lowest BCUT2D eigenvalue weighted by Gasteiger charge is -2.33. The Morgan fingerprint density at radius 1 is 1.06 bits per heavy atom. The van der Waals surface area contributed by atoms with Gasteiger partial charge in [-0.2, -0.15) is 0 Å². The van der Waals surface area contributed by atoms with Gasteiger partial charge in [0.15, 0.2) is 0 Å². The second-order valence-corrected chi connectivity index (χ2v) is 8.84. The molecule has 7 heteroatoms. The Balaban J connectivity index is 1.55. The predicted octanol–water partition coefficient (Wildman–Crippen LogP) is 3.67. The lowest BCUT2D eigenvalue weighted by Crippen LogP contribution is -2.43. The van der Waals surface area contributed by atoms with Crippen LogP contribution in [0.4, 0.5) is 5.95 Å². The average molecular weight is 446 g/mol. The number of morpholine rings is 1. The van der Waals surface area contributed by atoms with Crippen LogP contribution >= 0.6 is 0 Å². The van der Waals surface area contributed by atoms with Gasteiger partial charge in [0.05, 0.1) is 18.8 Å². The van der Waals surface area contributed by atoms with Gasteiger partial charge in [-0.1, -0.05) is 24.3 Å². The highest BCUT2D eigenvalue weighted by atomic mass is 16.5. The first-order valence-electron chi connectivity index (χ1n) is 11.3. The Bertz CT molecular complexity index is 1160. The number of amides is 1. The van der Waals surface area contributed by atoms with Crippen molar-refractivity contribution in [1.82, 2.24) is 19.9 Å². The van der Waals surface area contributed by atoms with Crippen molar-refractivity contribution in [2.45, 2.75) is 33.3 Å². The van der Waals surface area contributed by atoms with Crippen molar-refractivity contribution in [3.8, 4) is 0 Å². The molecule has 1 aromatic carbocycles. The quantitative estimate of drug-likeness (QED) is 0.597. The standard InChI is InChI=1S/C26H31N5O2/c1-17-8-6-7-9-21(17)14-20-12-18(2)27-22(15-20)24-16-31(10-11-33-24)25(32)23-13-19(3)28-26(29-23)30(4)5/h6-9,12-13,15,24H,10-11,14,16H2,1-5H3/t24-/m1/s1. The molecule has 0 saturated carbocycles. The number of anilines is 1. The molecule has 1 aliphatic rings. The molecule has 0 aliphatic carbocycles. The number of hydrogen-bond acceptors (Lipinski definition) is 6. The lowest BCUT2D eigenvalue weighted by atomic mass is 9.99. The maximum Gasteiger partial charge on any atom is 0.272 e. The molecule has 3 heterocycles. The van der Waals surface area contributed by atoms with Crippen LogP contribution in [0.2, 0.25) is 0 Å². The molecule has 0 unspecified atom stereocenters. The van der Waals surface area contributed by atoms with Crippen LogP contribution < -0.4 is 4.90 Å². The van der Waals surface area contributed by atoms with Gasteiger partial charge in [-0.05, 0) is 62.1 Å². The largest absolute Gasteiger partial charge is 0.368 e. The van der Waals surface area contributed by atoms with Crippen molar-refractivity contribution in [3.05, 3.63) is 81.9 Å². The Kier molecular flexibility index (Phi) is 6.70. The van der Waals surface area contributed by atoms with Crippen LogP contribution in [0, 0.1) is 20.8 Å². The van der Waals surface area contributed by atoms with E-state index in [0.717, 1.165) is 23.5 Å². The second kappa shape index (κ2) is 9.67. The first-order valence-corrected chi connectivity index (χ1v) is 11.3. The average Bonchev–Trinajstić information content (AvgIpc) is 2.79. The molecule has 0 radical (unpaired) electrons. The molecule has 1 aliphatic heterocycles. The summed E-state index contributed by atoms with van der Waals surface area (Å²) in [6.07, 6.45) is 0.570. The summed E-state index contributed by atoms with van der Waals surface area (Å²) >= 11 is 0. The number of benzene rings is 1. The van der Waals surface area contributed by atoms with Gasteiger partial charge in [-0.25, -0.2) is 9.97 Å². The highest BCUT2D eigenvalue weighted by Gasteiger charge is 2.28. The van der Waals surface area contributed by atoms with Crippen LogP contribution in [-0.2, 0) is 11.2 Å². The van der Waals surface area contributed by atoms with Gasteiger partial charge in [0.2, 0.25) is 5.95 Å². The lowest BCUT2D eigenvalue weighted by molar-refractivity contribution is -0.0250. The van der Waals surface area contributed by atoms with Gasteiger partial charge >= 0.3 is 0 Å². The van der Waals surface area contributed by atoms with Crippen LogP contribution in [0.5, 0.6) is 0 Å². The molecule has 1 saturated heterocycles. The summed E-state index contributed by atoms with van der Waals surface area (Å²) in [4.78, 5) is 30.5. The fourth-order valence-electron chi connectivity index (χ4n) is 4.10. The summed E-state index contributed by atoms with van der Waals surface area (Å²) in [6.45, 7) is 7.44. The number of nitrogens with zero attached hydrogens (tertiary/aromatic N) is 5. The summed E-state index contributed by atoms with van der Waals surface area (Å²) in [7, 11) is 3.73. The van der Waals surface area contributed by atoms with Crippen molar-refractivity contribution < 1.29 is 9.53 Å². The van der Waals surface area contributed by atoms with Gasteiger partial charge in [0.25, 0.3) is 5.91 Å². The summed E-state index contributed by atoms with van der Waals surface area (Å²) in [5.74, 6) is 0.425. The predicted molar refractivity (Wildman–Crippen MR) is 129 cm³/mol. The Labute approximate surface area is 195 Å². The highest BCUT2D eigenvalue weighted by Crippen LogP contribution is 2.25.